The van der Waals surface area contributed by atoms with Crippen molar-refractivity contribution in [1.29, 1.82) is 0 Å². The van der Waals surface area contributed by atoms with Crippen LogP contribution in [0.5, 0.6) is 0 Å². The normalized spacial score (nSPS) is 10.0. The van der Waals surface area contributed by atoms with Crippen LogP contribution in [-0.2, 0) is 4.79 Å². The molecule has 7 heteroatoms. The molecule has 2 aromatic heterocycles. The largest absolute Gasteiger partial charge is 0.368 e. The minimum atomic E-state index is -0.308. The molecule has 0 bridgehead atoms. The smallest absolute Gasteiger partial charge is 0.296 e. The summed E-state index contributed by atoms with van der Waals surface area (Å²) >= 11 is 0. The van der Waals surface area contributed by atoms with Crippen molar-refractivity contribution in [1.82, 2.24) is 24.9 Å². The number of nitrogens with zero attached hydrogens (tertiary/aromatic N) is 4. The molecule has 0 saturated heterocycles. The predicted octanol–water partition coefficient (Wildman–Crippen LogP) is 1.01. The van der Waals surface area contributed by atoms with Gasteiger partial charge in [0.25, 0.3) is 11.7 Å². The number of aryl methyl sites for hydroxylation is 1. The third-order valence-electron chi connectivity index (χ3n) is 3.19. The second-order valence-corrected chi connectivity index (χ2v) is 5.05. The number of rotatable bonds is 4. The van der Waals surface area contributed by atoms with Crippen LogP contribution in [0.3, 0.4) is 0 Å². The Labute approximate surface area is 139 Å². The number of anilines is 1. The quantitative estimate of drug-likeness (QED) is 0.554. The Morgan fingerprint density at radius 1 is 1.25 bits per heavy atom. The Balaban J connectivity index is 1.51. The molecule has 7 nitrogen and oxygen atoms in total. The van der Waals surface area contributed by atoms with Crippen LogP contribution in [0.1, 0.15) is 11.3 Å². The highest BCUT2D eigenvalue weighted by Gasteiger charge is 2.04. The molecule has 0 spiro atoms. The van der Waals surface area contributed by atoms with E-state index in [4.69, 9.17) is 0 Å². The summed E-state index contributed by atoms with van der Waals surface area (Å²) in [6.07, 6.45) is 1.45. The molecule has 0 saturated carbocycles. The van der Waals surface area contributed by atoms with Gasteiger partial charge in [0, 0.05) is 36.3 Å². The van der Waals surface area contributed by atoms with Gasteiger partial charge in [-0.15, -0.1) is 0 Å². The van der Waals surface area contributed by atoms with Gasteiger partial charge in [-0.1, -0.05) is 24.1 Å². The van der Waals surface area contributed by atoms with Gasteiger partial charge in [0.1, 0.15) is 12.1 Å². The third-order valence-corrected chi connectivity index (χ3v) is 3.19. The number of carbonyl (C=O) groups excluding carboxylic acids is 1. The molecule has 1 aromatic carbocycles. The lowest BCUT2D eigenvalue weighted by molar-refractivity contribution is -0.115. The number of fused-ring (bicyclic) bond motifs is 1. The van der Waals surface area contributed by atoms with Gasteiger partial charge in [-0.25, -0.2) is 4.98 Å². The third kappa shape index (κ3) is 3.87. The Morgan fingerprint density at radius 3 is 2.92 bits per heavy atom. The second-order valence-electron chi connectivity index (χ2n) is 5.05. The number of nitrogens with one attached hydrogen (secondary N) is 2. The van der Waals surface area contributed by atoms with Crippen LogP contribution < -0.4 is 10.6 Å². The Hall–Kier alpha value is -3.40. The van der Waals surface area contributed by atoms with Gasteiger partial charge in [0.05, 0.1) is 0 Å². The number of amides is 1. The van der Waals surface area contributed by atoms with Crippen LogP contribution in [-0.4, -0.2) is 38.6 Å². The molecule has 2 N–H and O–H groups in total. The molecule has 1 amide bonds. The highest BCUT2D eigenvalue weighted by atomic mass is 16.1. The summed E-state index contributed by atoms with van der Waals surface area (Å²) in [5.41, 5.74) is 1.65. The van der Waals surface area contributed by atoms with E-state index in [1.807, 2.05) is 43.3 Å². The van der Waals surface area contributed by atoms with Crippen molar-refractivity contribution in [3.63, 3.8) is 0 Å². The number of aromatic nitrogens is 4. The molecule has 0 fully saturated rings. The van der Waals surface area contributed by atoms with E-state index in [1.54, 1.807) is 4.52 Å². The molecule has 2 heterocycles. The molecule has 0 aliphatic heterocycles. The maximum atomic E-state index is 11.7. The summed E-state index contributed by atoms with van der Waals surface area (Å²) in [6.45, 7) is 2.87. The maximum Gasteiger partial charge on any atom is 0.296 e. The van der Waals surface area contributed by atoms with E-state index in [2.05, 4.69) is 37.5 Å². The minimum absolute atomic E-state index is 0.308. The number of hydrogen-bond donors (Lipinski definition) is 2. The van der Waals surface area contributed by atoms with Crippen molar-refractivity contribution < 1.29 is 4.79 Å². The van der Waals surface area contributed by atoms with Crippen LogP contribution in [0, 0.1) is 18.8 Å². The Bertz CT molecular complexity index is 907. The van der Waals surface area contributed by atoms with Gasteiger partial charge in [0.15, 0.2) is 0 Å². The maximum absolute atomic E-state index is 11.7. The van der Waals surface area contributed by atoms with Gasteiger partial charge in [-0.2, -0.15) is 14.6 Å². The fourth-order valence-corrected chi connectivity index (χ4v) is 2.12. The van der Waals surface area contributed by atoms with E-state index in [-0.39, 0.29) is 5.91 Å². The molecule has 3 aromatic rings. The van der Waals surface area contributed by atoms with Crippen LogP contribution in [0.25, 0.3) is 5.78 Å². The van der Waals surface area contributed by atoms with Crippen LogP contribution in [0.15, 0.2) is 42.7 Å². The summed E-state index contributed by atoms with van der Waals surface area (Å²) in [7, 11) is 0. The van der Waals surface area contributed by atoms with Gasteiger partial charge in [-0.3, -0.25) is 4.79 Å². The zero-order valence-corrected chi connectivity index (χ0v) is 13.2. The average molecular weight is 320 g/mol. The minimum Gasteiger partial charge on any atom is -0.368 e. The highest BCUT2D eigenvalue weighted by molar-refractivity contribution is 5.94. The Morgan fingerprint density at radius 2 is 2.08 bits per heavy atom. The number of carbonyl (C=O) groups is 1. The first-order chi connectivity index (χ1) is 11.7. The van der Waals surface area contributed by atoms with Crippen molar-refractivity contribution in [3.05, 3.63) is 54.0 Å². The summed E-state index contributed by atoms with van der Waals surface area (Å²) in [5, 5.41) is 10.1. The zero-order chi connectivity index (χ0) is 16.8. The topological polar surface area (TPSA) is 84.2 Å². The van der Waals surface area contributed by atoms with Crippen LogP contribution >= 0.6 is 0 Å². The zero-order valence-electron chi connectivity index (χ0n) is 13.2. The van der Waals surface area contributed by atoms with Crippen molar-refractivity contribution in [2.24, 2.45) is 0 Å². The van der Waals surface area contributed by atoms with Crippen molar-refractivity contribution >= 4 is 17.5 Å². The summed E-state index contributed by atoms with van der Waals surface area (Å²) < 4.78 is 1.62. The van der Waals surface area contributed by atoms with E-state index < -0.39 is 0 Å². The van der Waals surface area contributed by atoms with Crippen LogP contribution in [0.2, 0.25) is 0 Å². The van der Waals surface area contributed by atoms with Crippen molar-refractivity contribution in [2.75, 3.05) is 18.4 Å². The number of hydrogen-bond acceptors (Lipinski definition) is 5. The molecule has 0 unspecified atom stereocenters. The summed E-state index contributed by atoms with van der Waals surface area (Å²) in [5.74, 6) is 6.39. The van der Waals surface area contributed by atoms with E-state index in [0.717, 1.165) is 17.1 Å². The van der Waals surface area contributed by atoms with E-state index in [9.17, 15) is 4.79 Å². The lowest BCUT2D eigenvalue weighted by atomic mass is 10.2. The fourth-order valence-electron chi connectivity index (χ4n) is 2.12. The van der Waals surface area contributed by atoms with E-state index >= 15 is 0 Å². The number of benzene rings is 1. The molecule has 3 rings (SSSR count). The fraction of sp³-hybridized carbons (Fsp3) is 0.176. The first-order valence-electron chi connectivity index (χ1n) is 7.48. The second kappa shape index (κ2) is 7.24. The van der Waals surface area contributed by atoms with Gasteiger partial charge in [-0.05, 0) is 19.1 Å². The van der Waals surface area contributed by atoms with E-state index in [1.165, 1.54) is 6.33 Å². The highest BCUT2D eigenvalue weighted by Crippen LogP contribution is 2.09. The van der Waals surface area contributed by atoms with Gasteiger partial charge < -0.3 is 10.6 Å². The first-order valence-corrected chi connectivity index (χ1v) is 7.48. The SMILES string of the molecule is Cc1cc(NCCNC(=O)C#Cc2ccccc2)n2ncnc2n1. The predicted molar refractivity (Wildman–Crippen MR) is 90.3 cm³/mol. The molecule has 24 heavy (non-hydrogen) atoms. The molecule has 0 radical (unpaired) electrons. The summed E-state index contributed by atoms with van der Waals surface area (Å²) in [4.78, 5) is 20.0. The lowest BCUT2D eigenvalue weighted by Crippen LogP contribution is -2.28. The first kappa shape index (κ1) is 15.5. The standard InChI is InChI=1S/C17H16N6O/c1-13-11-15(23-17(22-13)20-12-21-23)18-9-10-19-16(24)8-7-14-5-3-2-4-6-14/h2-6,11-12,18H,9-10H2,1H3,(H,19,24). The molecule has 0 aliphatic rings. The summed E-state index contributed by atoms with van der Waals surface area (Å²) in [6, 6.07) is 11.3. The molecular weight excluding hydrogens is 304 g/mol. The van der Waals surface area contributed by atoms with E-state index in [0.29, 0.717) is 18.9 Å². The van der Waals surface area contributed by atoms with Gasteiger partial charge in [0.2, 0.25) is 0 Å². The molecular formula is C17H16N6O. The molecule has 120 valence electrons. The average Bonchev–Trinajstić information content (AvgIpc) is 3.06. The lowest BCUT2D eigenvalue weighted by Gasteiger charge is -2.08. The van der Waals surface area contributed by atoms with Crippen molar-refractivity contribution in [2.45, 2.75) is 6.92 Å². The van der Waals surface area contributed by atoms with Crippen LogP contribution in [0.4, 0.5) is 5.82 Å². The Kier molecular flexibility index (Phi) is 4.68. The van der Waals surface area contributed by atoms with Crippen molar-refractivity contribution in [3.8, 4) is 11.8 Å². The molecule has 0 atom stereocenters. The van der Waals surface area contributed by atoms with Gasteiger partial charge >= 0.3 is 0 Å². The molecule has 0 aliphatic carbocycles. The monoisotopic (exact) mass is 320 g/mol.